The van der Waals surface area contributed by atoms with E-state index >= 15 is 0 Å². The third-order valence-electron chi connectivity index (χ3n) is 1.44. The molecule has 1 rings (SSSR count). The second kappa shape index (κ2) is 3.85. The van der Waals surface area contributed by atoms with E-state index in [9.17, 15) is 14.4 Å². The summed E-state index contributed by atoms with van der Waals surface area (Å²) in [5.74, 6) is -0.609. The molecule has 0 aromatic rings. The van der Waals surface area contributed by atoms with Crippen LogP contribution in [0, 0.1) is 0 Å². The number of hydrogen-bond acceptors (Lipinski definition) is 3. The molecule has 0 aliphatic carbocycles. The van der Waals surface area contributed by atoms with Crippen LogP contribution in [0.2, 0.25) is 0 Å². The fraction of sp³-hybridized carbons (Fsp3) is 0.571. The third kappa shape index (κ3) is 2.34. The van der Waals surface area contributed by atoms with E-state index in [1.807, 2.05) is 5.32 Å². The van der Waals surface area contributed by atoms with Crippen molar-refractivity contribution < 1.29 is 14.4 Å². The summed E-state index contributed by atoms with van der Waals surface area (Å²) in [4.78, 5) is 32.0. The first-order valence-corrected chi connectivity index (χ1v) is 3.20. The molecule has 1 saturated heterocycles. The average molecular weight is 172 g/mol. The maximum Gasteiger partial charge on any atom is 0.322 e. The van der Waals surface area contributed by atoms with Gasteiger partial charge in [-0.15, -0.1) is 0 Å². The smallest absolute Gasteiger partial charge is 0.322 e. The van der Waals surface area contributed by atoms with Crippen LogP contribution in [0.3, 0.4) is 0 Å². The lowest BCUT2D eigenvalue weighted by Crippen LogP contribution is -2.54. The molecule has 0 radical (unpaired) electrons. The highest BCUT2D eigenvalue weighted by atomic mass is 16.2. The zero-order valence-electron chi connectivity index (χ0n) is 6.01. The number of rotatable bonds is 1. The summed E-state index contributed by atoms with van der Waals surface area (Å²) in [6, 6.07) is -1.24. The topological polar surface area (TPSA) is 75.3 Å². The molecular formula is C7H12N2O3. The Morgan fingerprint density at radius 2 is 2.08 bits per heavy atom. The van der Waals surface area contributed by atoms with Gasteiger partial charge in [0.1, 0.15) is 0 Å². The van der Waals surface area contributed by atoms with Crippen LogP contribution in [-0.2, 0) is 9.59 Å². The van der Waals surface area contributed by atoms with Crippen molar-refractivity contribution in [2.24, 2.45) is 0 Å². The van der Waals surface area contributed by atoms with Crippen LogP contribution in [-0.4, -0.2) is 23.8 Å². The number of amides is 3. The number of Topliss-reactive ketones (excluding diaryl/α,β-unsaturated/α-hetero) is 1. The van der Waals surface area contributed by atoms with Crippen molar-refractivity contribution in [3.63, 3.8) is 0 Å². The monoisotopic (exact) mass is 172 g/mol. The molecule has 2 N–H and O–H groups in total. The van der Waals surface area contributed by atoms with Gasteiger partial charge in [0, 0.05) is 0 Å². The SMILES string of the molecule is C.CC(=O)C1CC(=O)NC(=O)N1. The Morgan fingerprint density at radius 1 is 1.50 bits per heavy atom. The Bertz CT molecular complexity index is 209. The molecule has 12 heavy (non-hydrogen) atoms. The molecule has 0 spiro atoms. The molecule has 5 heteroatoms. The van der Waals surface area contributed by atoms with Gasteiger partial charge in [0.05, 0.1) is 12.5 Å². The van der Waals surface area contributed by atoms with Crippen LogP contribution in [0.25, 0.3) is 0 Å². The van der Waals surface area contributed by atoms with E-state index in [4.69, 9.17) is 0 Å². The number of carbonyl (C=O) groups excluding carboxylic acids is 3. The number of imide groups is 1. The quantitative estimate of drug-likeness (QED) is 0.575. The summed E-state index contributed by atoms with van der Waals surface area (Å²) < 4.78 is 0. The molecule has 1 aliphatic heterocycles. The third-order valence-corrected chi connectivity index (χ3v) is 1.44. The lowest BCUT2D eigenvalue weighted by molar-refractivity contribution is -0.126. The van der Waals surface area contributed by atoms with Crippen LogP contribution in [0.5, 0.6) is 0 Å². The van der Waals surface area contributed by atoms with Gasteiger partial charge in [-0.05, 0) is 6.92 Å². The van der Waals surface area contributed by atoms with Crippen LogP contribution < -0.4 is 10.6 Å². The summed E-state index contributed by atoms with van der Waals surface area (Å²) in [5.41, 5.74) is 0. The first kappa shape index (κ1) is 10.6. The first-order chi connectivity index (χ1) is 5.09. The van der Waals surface area contributed by atoms with Gasteiger partial charge >= 0.3 is 6.03 Å². The van der Waals surface area contributed by atoms with Gasteiger partial charge in [-0.25, -0.2) is 4.79 Å². The maximum absolute atomic E-state index is 10.7. The second-order valence-electron chi connectivity index (χ2n) is 2.39. The average Bonchev–Trinajstić information content (AvgIpc) is 1.85. The van der Waals surface area contributed by atoms with E-state index in [1.165, 1.54) is 6.92 Å². The van der Waals surface area contributed by atoms with Crippen molar-refractivity contribution in [1.29, 1.82) is 0 Å². The zero-order valence-corrected chi connectivity index (χ0v) is 6.01. The fourth-order valence-corrected chi connectivity index (χ4v) is 0.854. The molecule has 0 aromatic carbocycles. The number of urea groups is 1. The molecule has 1 unspecified atom stereocenters. The van der Waals surface area contributed by atoms with E-state index in [1.54, 1.807) is 0 Å². The summed E-state index contributed by atoms with van der Waals surface area (Å²) in [6.45, 7) is 1.34. The molecular weight excluding hydrogens is 160 g/mol. The van der Waals surface area contributed by atoms with Gasteiger partial charge in [0.15, 0.2) is 5.78 Å². The molecule has 0 saturated carbocycles. The lowest BCUT2D eigenvalue weighted by Gasteiger charge is -2.20. The summed E-state index contributed by atoms with van der Waals surface area (Å²) in [6.07, 6.45) is 0.0427. The van der Waals surface area contributed by atoms with Crippen LogP contribution >= 0.6 is 0 Å². The van der Waals surface area contributed by atoms with Crippen molar-refractivity contribution in [3.8, 4) is 0 Å². The number of hydrogen-bond donors (Lipinski definition) is 2. The lowest BCUT2D eigenvalue weighted by atomic mass is 10.1. The maximum atomic E-state index is 10.7. The Morgan fingerprint density at radius 3 is 2.50 bits per heavy atom. The zero-order chi connectivity index (χ0) is 8.43. The van der Waals surface area contributed by atoms with E-state index in [-0.39, 0.29) is 19.6 Å². The van der Waals surface area contributed by atoms with Gasteiger partial charge in [0.25, 0.3) is 0 Å². The van der Waals surface area contributed by atoms with E-state index < -0.39 is 18.0 Å². The van der Waals surface area contributed by atoms with Gasteiger partial charge in [0.2, 0.25) is 5.91 Å². The van der Waals surface area contributed by atoms with Crippen LogP contribution in [0.4, 0.5) is 4.79 Å². The van der Waals surface area contributed by atoms with Crippen molar-refractivity contribution >= 4 is 17.7 Å². The highest BCUT2D eigenvalue weighted by Crippen LogP contribution is 1.98. The number of carbonyl (C=O) groups is 3. The van der Waals surface area contributed by atoms with Gasteiger partial charge in [-0.3, -0.25) is 14.9 Å². The molecule has 68 valence electrons. The van der Waals surface area contributed by atoms with E-state index in [0.29, 0.717) is 0 Å². The van der Waals surface area contributed by atoms with Gasteiger partial charge in [-0.1, -0.05) is 7.43 Å². The Kier molecular flexibility index (Phi) is 3.40. The molecule has 1 aliphatic rings. The van der Waals surface area contributed by atoms with E-state index in [0.717, 1.165) is 0 Å². The molecule has 0 bridgehead atoms. The summed E-state index contributed by atoms with van der Waals surface area (Å²) >= 11 is 0. The Labute approximate surface area is 70.5 Å². The normalized spacial score (nSPS) is 21.9. The fourth-order valence-electron chi connectivity index (χ4n) is 0.854. The Hall–Kier alpha value is -1.39. The van der Waals surface area contributed by atoms with Crippen molar-refractivity contribution in [3.05, 3.63) is 0 Å². The first-order valence-electron chi connectivity index (χ1n) is 3.20. The van der Waals surface area contributed by atoms with Gasteiger partial charge < -0.3 is 5.32 Å². The summed E-state index contributed by atoms with van der Waals surface area (Å²) in [5, 5.41) is 4.35. The predicted molar refractivity (Wildman–Crippen MR) is 42.5 cm³/mol. The van der Waals surface area contributed by atoms with Gasteiger partial charge in [-0.2, -0.15) is 0 Å². The Balaban J connectivity index is 0.00000121. The second-order valence-corrected chi connectivity index (χ2v) is 2.39. The van der Waals surface area contributed by atoms with Crippen LogP contribution in [0.1, 0.15) is 20.8 Å². The molecule has 0 aromatic heterocycles. The molecule has 1 fully saturated rings. The summed E-state index contributed by atoms with van der Waals surface area (Å²) in [7, 11) is 0. The molecule has 1 atom stereocenters. The minimum Gasteiger partial charge on any atom is -0.327 e. The molecule has 1 heterocycles. The highest BCUT2D eigenvalue weighted by molar-refractivity contribution is 6.02. The highest BCUT2D eigenvalue weighted by Gasteiger charge is 2.26. The van der Waals surface area contributed by atoms with Crippen LogP contribution in [0.15, 0.2) is 0 Å². The standard InChI is InChI=1S/C6H8N2O3.CH4/c1-3(9)4-2-5(10)8-6(11)7-4;/h4H,2H2,1H3,(H2,7,8,10,11);1H4. The molecule has 3 amide bonds. The van der Waals surface area contributed by atoms with E-state index in [2.05, 4.69) is 5.32 Å². The predicted octanol–water partition coefficient (Wildman–Crippen LogP) is -0.190. The number of ketones is 1. The minimum absolute atomic E-state index is 0. The molecule has 5 nitrogen and oxygen atoms in total. The van der Waals surface area contributed by atoms with Crippen molar-refractivity contribution in [2.75, 3.05) is 0 Å². The minimum atomic E-state index is -0.642. The number of nitrogens with one attached hydrogen (secondary N) is 2. The van der Waals surface area contributed by atoms with Crippen molar-refractivity contribution in [1.82, 2.24) is 10.6 Å². The van der Waals surface area contributed by atoms with Crippen molar-refractivity contribution in [2.45, 2.75) is 26.8 Å². The largest absolute Gasteiger partial charge is 0.327 e.